The van der Waals surface area contributed by atoms with Crippen LogP contribution in [0.4, 0.5) is 0 Å². The lowest BCUT2D eigenvalue weighted by Gasteiger charge is -2.09. The predicted octanol–water partition coefficient (Wildman–Crippen LogP) is 2.47. The summed E-state index contributed by atoms with van der Waals surface area (Å²) in [7, 11) is -2.17. The Balaban J connectivity index is 2.03. The standard InChI is InChI=1S/C18H17N5O2S/c1-11-8-9-13(26(24,25)19-3)10-16(11)18-21-20-17-15-7-5-4-6-14(15)12(2)22-23(17)18/h4-10,19H,1-3H3. The second kappa shape index (κ2) is 5.86. The van der Waals surface area contributed by atoms with Crippen molar-refractivity contribution < 1.29 is 8.42 Å². The summed E-state index contributed by atoms with van der Waals surface area (Å²) >= 11 is 0. The van der Waals surface area contributed by atoms with Crippen LogP contribution in [-0.2, 0) is 10.0 Å². The average molecular weight is 367 g/mol. The summed E-state index contributed by atoms with van der Waals surface area (Å²) in [6.45, 7) is 3.83. The summed E-state index contributed by atoms with van der Waals surface area (Å²) in [6.07, 6.45) is 0. The lowest BCUT2D eigenvalue weighted by atomic mass is 10.1. The second-order valence-electron chi connectivity index (χ2n) is 6.07. The maximum Gasteiger partial charge on any atom is 0.240 e. The van der Waals surface area contributed by atoms with Gasteiger partial charge in [0, 0.05) is 16.3 Å². The Morgan fingerprint density at radius 1 is 1.00 bits per heavy atom. The van der Waals surface area contributed by atoms with Gasteiger partial charge < -0.3 is 0 Å². The van der Waals surface area contributed by atoms with Gasteiger partial charge in [-0.15, -0.1) is 10.2 Å². The zero-order chi connectivity index (χ0) is 18.5. The number of rotatable bonds is 3. The molecule has 2 heterocycles. The SMILES string of the molecule is CNS(=O)(=O)c1ccc(C)c(-c2nnc3c4ccccc4c(C)nn23)c1. The molecule has 0 aliphatic rings. The van der Waals surface area contributed by atoms with E-state index in [1.807, 2.05) is 38.1 Å². The molecular weight excluding hydrogens is 350 g/mol. The van der Waals surface area contributed by atoms with Crippen LogP contribution in [0.3, 0.4) is 0 Å². The zero-order valence-corrected chi connectivity index (χ0v) is 15.4. The van der Waals surface area contributed by atoms with Gasteiger partial charge in [0.05, 0.1) is 10.6 Å². The number of benzene rings is 2. The molecule has 0 saturated carbocycles. The molecule has 132 valence electrons. The molecule has 0 amide bonds. The normalized spacial score (nSPS) is 12.1. The molecule has 0 fully saturated rings. The van der Waals surface area contributed by atoms with E-state index in [1.54, 1.807) is 22.7 Å². The topological polar surface area (TPSA) is 89.2 Å². The van der Waals surface area contributed by atoms with Crippen LogP contribution >= 0.6 is 0 Å². The minimum atomic E-state index is -3.55. The zero-order valence-electron chi connectivity index (χ0n) is 14.6. The van der Waals surface area contributed by atoms with Crippen molar-refractivity contribution in [2.24, 2.45) is 0 Å². The Hall–Kier alpha value is -2.84. The number of sulfonamides is 1. The molecule has 4 rings (SSSR count). The van der Waals surface area contributed by atoms with Gasteiger partial charge in [0.2, 0.25) is 10.0 Å². The first kappa shape index (κ1) is 16.6. The fraction of sp³-hybridized carbons (Fsp3) is 0.167. The van der Waals surface area contributed by atoms with Crippen LogP contribution in [0.25, 0.3) is 27.8 Å². The van der Waals surface area contributed by atoms with Gasteiger partial charge in [-0.2, -0.15) is 9.61 Å². The highest BCUT2D eigenvalue weighted by atomic mass is 32.2. The van der Waals surface area contributed by atoms with Crippen molar-refractivity contribution in [2.75, 3.05) is 7.05 Å². The Bertz CT molecular complexity index is 1260. The average Bonchev–Trinajstić information content (AvgIpc) is 3.06. The van der Waals surface area contributed by atoms with Crippen molar-refractivity contribution >= 4 is 26.4 Å². The molecule has 0 aliphatic heterocycles. The van der Waals surface area contributed by atoms with Gasteiger partial charge in [0.1, 0.15) is 0 Å². The van der Waals surface area contributed by atoms with Gasteiger partial charge in [-0.3, -0.25) is 0 Å². The summed E-state index contributed by atoms with van der Waals surface area (Å²) in [5.74, 6) is 0.513. The molecule has 0 aliphatic carbocycles. The first-order valence-electron chi connectivity index (χ1n) is 8.07. The van der Waals surface area contributed by atoms with Crippen molar-refractivity contribution in [3.63, 3.8) is 0 Å². The molecule has 7 nitrogen and oxygen atoms in total. The molecule has 1 N–H and O–H groups in total. The van der Waals surface area contributed by atoms with E-state index in [9.17, 15) is 8.42 Å². The highest BCUT2D eigenvalue weighted by Gasteiger charge is 2.18. The van der Waals surface area contributed by atoms with Crippen LogP contribution < -0.4 is 4.72 Å². The van der Waals surface area contributed by atoms with E-state index < -0.39 is 10.0 Å². The first-order valence-corrected chi connectivity index (χ1v) is 9.56. The molecule has 0 bridgehead atoms. The summed E-state index contributed by atoms with van der Waals surface area (Å²) < 4.78 is 28.3. The van der Waals surface area contributed by atoms with E-state index in [2.05, 4.69) is 20.0 Å². The third kappa shape index (κ3) is 2.46. The second-order valence-corrected chi connectivity index (χ2v) is 7.96. The Morgan fingerprint density at radius 3 is 2.46 bits per heavy atom. The van der Waals surface area contributed by atoms with E-state index in [0.29, 0.717) is 17.0 Å². The molecule has 4 aromatic rings. The number of aryl methyl sites for hydroxylation is 2. The number of nitrogens with one attached hydrogen (secondary N) is 1. The number of aromatic nitrogens is 4. The van der Waals surface area contributed by atoms with Gasteiger partial charge in [-0.25, -0.2) is 13.1 Å². The highest BCUT2D eigenvalue weighted by molar-refractivity contribution is 7.89. The summed E-state index contributed by atoms with van der Waals surface area (Å²) in [5.41, 5.74) is 3.06. The smallest absolute Gasteiger partial charge is 0.214 e. The molecule has 0 radical (unpaired) electrons. The van der Waals surface area contributed by atoms with Crippen molar-refractivity contribution in [1.82, 2.24) is 24.5 Å². The van der Waals surface area contributed by atoms with Gasteiger partial charge in [-0.05, 0) is 38.6 Å². The minimum absolute atomic E-state index is 0.176. The number of nitrogens with zero attached hydrogens (tertiary/aromatic N) is 4. The molecule has 0 atom stereocenters. The molecule has 0 unspecified atom stereocenters. The largest absolute Gasteiger partial charge is 0.240 e. The highest BCUT2D eigenvalue weighted by Crippen LogP contribution is 2.28. The van der Waals surface area contributed by atoms with Gasteiger partial charge in [0.25, 0.3) is 0 Å². The Morgan fingerprint density at radius 2 is 1.73 bits per heavy atom. The third-order valence-corrected chi connectivity index (χ3v) is 5.89. The van der Waals surface area contributed by atoms with Crippen LogP contribution in [0.2, 0.25) is 0 Å². The summed E-state index contributed by atoms with van der Waals surface area (Å²) in [6, 6.07) is 12.8. The quantitative estimate of drug-likeness (QED) is 0.601. The number of fused-ring (bicyclic) bond motifs is 3. The Labute approximate surface area is 150 Å². The maximum atomic E-state index is 12.2. The lowest BCUT2D eigenvalue weighted by molar-refractivity contribution is 0.588. The first-order chi connectivity index (χ1) is 12.4. The van der Waals surface area contributed by atoms with Crippen molar-refractivity contribution in [3.05, 3.63) is 53.7 Å². The van der Waals surface area contributed by atoms with Crippen LogP contribution in [0.1, 0.15) is 11.3 Å². The lowest BCUT2D eigenvalue weighted by Crippen LogP contribution is -2.18. The van der Waals surface area contributed by atoms with E-state index in [-0.39, 0.29) is 4.90 Å². The fourth-order valence-corrected chi connectivity index (χ4v) is 3.79. The van der Waals surface area contributed by atoms with Gasteiger partial charge in [0.15, 0.2) is 11.5 Å². The molecule has 2 aromatic heterocycles. The van der Waals surface area contributed by atoms with E-state index >= 15 is 0 Å². The minimum Gasteiger partial charge on any atom is -0.214 e. The van der Waals surface area contributed by atoms with Crippen molar-refractivity contribution in [3.8, 4) is 11.4 Å². The number of hydrogen-bond donors (Lipinski definition) is 1. The number of hydrogen-bond acceptors (Lipinski definition) is 5. The molecule has 0 spiro atoms. The van der Waals surface area contributed by atoms with Crippen LogP contribution in [0.15, 0.2) is 47.4 Å². The molecule has 2 aromatic carbocycles. The van der Waals surface area contributed by atoms with E-state index in [4.69, 9.17) is 0 Å². The molecule has 26 heavy (non-hydrogen) atoms. The molecule has 0 saturated heterocycles. The van der Waals surface area contributed by atoms with Crippen molar-refractivity contribution in [2.45, 2.75) is 18.7 Å². The van der Waals surface area contributed by atoms with Gasteiger partial charge >= 0.3 is 0 Å². The molecular formula is C18H17N5O2S. The third-order valence-electron chi connectivity index (χ3n) is 4.48. The van der Waals surface area contributed by atoms with E-state index in [0.717, 1.165) is 22.0 Å². The monoisotopic (exact) mass is 367 g/mol. The van der Waals surface area contributed by atoms with Crippen LogP contribution in [0, 0.1) is 13.8 Å². The fourth-order valence-electron chi connectivity index (χ4n) is 3.03. The Kier molecular flexibility index (Phi) is 3.74. The van der Waals surface area contributed by atoms with E-state index in [1.165, 1.54) is 7.05 Å². The van der Waals surface area contributed by atoms with Gasteiger partial charge in [-0.1, -0.05) is 30.3 Å². The summed E-state index contributed by atoms with van der Waals surface area (Å²) in [4.78, 5) is 0.176. The summed E-state index contributed by atoms with van der Waals surface area (Å²) in [5, 5.41) is 15.2. The molecule has 8 heteroatoms. The predicted molar refractivity (Wildman–Crippen MR) is 99.4 cm³/mol. The van der Waals surface area contributed by atoms with Crippen LogP contribution in [0.5, 0.6) is 0 Å². The van der Waals surface area contributed by atoms with Crippen LogP contribution in [-0.4, -0.2) is 35.3 Å². The van der Waals surface area contributed by atoms with Crippen molar-refractivity contribution in [1.29, 1.82) is 0 Å². The maximum absolute atomic E-state index is 12.2.